The minimum absolute atomic E-state index is 0.176. The maximum Gasteiger partial charge on any atom is 0.215 e. The van der Waals surface area contributed by atoms with Crippen LogP contribution in [-0.4, -0.2) is 24.5 Å². The third-order valence-corrected chi connectivity index (χ3v) is 5.05. The molecular formula is C15H17F2N3O2S. The van der Waals surface area contributed by atoms with Crippen molar-refractivity contribution in [3.8, 4) is 0 Å². The Labute approximate surface area is 133 Å². The first kappa shape index (κ1) is 16.1. The summed E-state index contributed by atoms with van der Waals surface area (Å²) in [6, 6.07) is 2.78. The van der Waals surface area contributed by atoms with Gasteiger partial charge in [-0.3, -0.25) is 0 Å². The molecular weight excluding hydrogens is 324 g/mol. The van der Waals surface area contributed by atoms with E-state index in [4.69, 9.17) is 0 Å². The summed E-state index contributed by atoms with van der Waals surface area (Å²) in [6.45, 7) is 0.631. The van der Waals surface area contributed by atoms with Crippen molar-refractivity contribution >= 4 is 10.0 Å². The van der Waals surface area contributed by atoms with E-state index in [2.05, 4.69) is 9.71 Å². The van der Waals surface area contributed by atoms with Crippen LogP contribution in [0.3, 0.4) is 0 Å². The van der Waals surface area contributed by atoms with Crippen LogP contribution in [0.4, 0.5) is 8.78 Å². The van der Waals surface area contributed by atoms with Crippen molar-refractivity contribution in [1.82, 2.24) is 14.3 Å². The van der Waals surface area contributed by atoms with E-state index in [1.807, 2.05) is 10.8 Å². The molecule has 1 aromatic heterocycles. The summed E-state index contributed by atoms with van der Waals surface area (Å²) < 4.78 is 54.9. The standard InChI is InChI=1S/C15H17F2N3O2S/c16-13-3-4-14(17)12(9-13)10-23(21,22)19-6-8-20-7-5-18-15(20)11-1-2-11/h3-5,7,9,11,19H,1-2,6,8,10H2. The smallest absolute Gasteiger partial charge is 0.215 e. The van der Waals surface area contributed by atoms with Gasteiger partial charge in [-0.15, -0.1) is 0 Å². The predicted molar refractivity (Wildman–Crippen MR) is 81.2 cm³/mol. The molecule has 1 aliphatic carbocycles. The summed E-state index contributed by atoms with van der Waals surface area (Å²) >= 11 is 0. The molecule has 1 saturated carbocycles. The van der Waals surface area contributed by atoms with E-state index in [9.17, 15) is 17.2 Å². The van der Waals surface area contributed by atoms with Crippen LogP contribution < -0.4 is 4.72 Å². The highest BCUT2D eigenvalue weighted by Gasteiger charge is 2.27. The predicted octanol–water partition coefficient (Wildman–Crippen LogP) is 2.16. The second-order valence-electron chi connectivity index (χ2n) is 5.64. The van der Waals surface area contributed by atoms with Crippen LogP contribution in [0.5, 0.6) is 0 Å². The Morgan fingerprint density at radius 1 is 1.30 bits per heavy atom. The largest absolute Gasteiger partial charge is 0.333 e. The molecule has 3 rings (SSSR count). The molecule has 5 nitrogen and oxygen atoms in total. The lowest BCUT2D eigenvalue weighted by atomic mass is 10.2. The van der Waals surface area contributed by atoms with Crippen LogP contribution in [0.1, 0.15) is 30.1 Å². The fourth-order valence-corrected chi connectivity index (χ4v) is 3.58. The van der Waals surface area contributed by atoms with Gasteiger partial charge in [0.05, 0.1) is 5.75 Å². The molecule has 1 N–H and O–H groups in total. The molecule has 0 bridgehead atoms. The zero-order valence-corrected chi connectivity index (χ0v) is 13.2. The minimum Gasteiger partial charge on any atom is -0.333 e. The van der Waals surface area contributed by atoms with Gasteiger partial charge < -0.3 is 4.57 Å². The summed E-state index contributed by atoms with van der Waals surface area (Å²) in [5.41, 5.74) is -0.182. The van der Waals surface area contributed by atoms with Gasteiger partial charge in [0.25, 0.3) is 0 Å². The van der Waals surface area contributed by atoms with Crippen molar-refractivity contribution in [2.24, 2.45) is 0 Å². The fraction of sp³-hybridized carbons (Fsp3) is 0.400. The molecule has 23 heavy (non-hydrogen) atoms. The summed E-state index contributed by atoms with van der Waals surface area (Å²) in [5.74, 6) is -0.536. The molecule has 0 amide bonds. The normalized spacial score (nSPS) is 15.0. The van der Waals surface area contributed by atoms with E-state index in [-0.39, 0.29) is 12.1 Å². The zero-order chi connectivity index (χ0) is 16.4. The first-order valence-corrected chi connectivity index (χ1v) is 9.02. The zero-order valence-electron chi connectivity index (χ0n) is 12.4. The van der Waals surface area contributed by atoms with Crippen molar-refractivity contribution in [3.63, 3.8) is 0 Å². The van der Waals surface area contributed by atoms with Gasteiger partial charge in [-0.25, -0.2) is 26.9 Å². The van der Waals surface area contributed by atoms with E-state index >= 15 is 0 Å². The number of halogens is 2. The number of aromatic nitrogens is 2. The number of imidazole rings is 1. The third kappa shape index (κ3) is 4.14. The first-order chi connectivity index (χ1) is 10.9. The molecule has 0 saturated heterocycles. The summed E-state index contributed by atoms with van der Waals surface area (Å²) in [4.78, 5) is 4.28. The number of benzene rings is 1. The van der Waals surface area contributed by atoms with Crippen LogP contribution in [0.2, 0.25) is 0 Å². The third-order valence-electron chi connectivity index (χ3n) is 3.72. The van der Waals surface area contributed by atoms with E-state index in [0.717, 1.165) is 36.9 Å². The van der Waals surface area contributed by atoms with E-state index in [1.165, 1.54) is 0 Å². The molecule has 1 aromatic carbocycles. The lowest BCUT2D eigenvalue weighted by Gasteiger charge is -2.10. The number of nitrogens with zero attached hydrogens (tertiary/aromatic N) is 2. The summed E-state index contributed by atoms with van der Waals surface area (Å²) in [6.07, 6.45) is 5.74. The monoisotopic (exact) mass is 341 g/mol. The Bertz CT molecular complexity index is 801. The molecule has 0 unspecified atom stereocenters. The second kappa shape index (κ2) is 6.37. The van der Waals surface area contributed by atoms with Gasteiger partial charge in [0.15, 0.2) is 0 Å². The highest BCUT2D eigenvalue weighted by Crippen LogP contribution is 2.38. The number of hydrogen-bond acceptors (Lipinski definition) is 3. The van der Waals surface area contributed by atoms with Crippen LogP contribution in [0.15, 0.2) is 30.6 Å². The molecule has 0 atom stereocenters. The SMILES string of the molecule is O=S(=O)(Cc1cc(F)ccc1F)NCCn1ccnc1C1CC1. The maximum atomic E-state index is 13.5. The van der Waals surface area contributed by atoms with Gasteiger partial charge in [0.2, 0.25) is 10.0 Å². The lowest BCUT2D eigenvalue weighted by Crippen LogP contribution is -2.29. The molecule has 1 aliphatic rings. The molecule has 124 valence electrons. The van der Waals surface area contributed by atoms with Gasteiger partial charge in [0, 0.05) is 37.0 Å². The van der Waals surface area contributed by atoms with Crippen molar-refractivity contribution in [2.45, 2.75) is 31.1 Å². The molecule has 2 aromatic rings. The Hall–Kier alpha value is -1.80. The van der Waals surface area contributed by atoms with Crippen LogP contribution >= 0.6 is 0 Å². The van der Waals surface area contributed by atoms with E-state index < -0.39 is 27.4 Å². The van der Waals surface area contributed by atoms with Crippen molar-refractivity contribution in [1.29, 1.82) is 0 Å². The van der Waals surface area contributed by atoms with Gasteiger partial charge in [-0.1, -0.05) is 0 Å². The van der Waals surface area contributed by atoms with E-state index in [0.29, 0.717) is 12.5 Å². The molecule has 0 spiro atoms. The lowest BCUT2D eigenvalue weighted by molar-refractivity contribution is 0.561. The van der Waals surface area contributed by atoms with Crippen LogP contribution in [0, 0.1) is 11.6 Å². The molecule has 0 radical (unpaired) electrons. The van der Waals surface area contributed by atoms with Crippen molar-refractivity contribution in [2.75, 3.05) is 6.54 Å². The van der Waals surface area contributed by atoms with Crippen LogP contribution in [0.25, 0.3) is 0 Å². The average molecular weight is 341 g/mol. The minimum atomic E-state index is -3.73. The summed E-state index contributed by atoms with van der Waals surface area (Å²) in [5, 5.41) is 0. The van der Waals surface area contributed by atoms with E-state index in [1.54, 1.807) is 6.20 Å². The molecule has 1 heterocycles. The fourth-order valence-electron chi connectivity index (χ4n) is 2.44. The van der Waals surface area contributed by atoms with Gasteiger partial charge >= 0.3 is 0 Å². The molecule has 0 aliphatic heterocycles. The number of hydrogen-bond donors (Lipinski definition) is 1. The topological polar surface area (TPSA) is 64.0 Å². The van der Waals surface area contributed by atoms with Gasteiger partial charge in [-0.2, -0.15) is 0 Å². The Balaban J connectivity index is 1.58. The first-order valence-electron chi connectivity index (χ1n) is 7.37. The van der Waals surface area contributed by atoms with Gasteiger partial charge in [-0.05, 0) is 31.0 Å². The Kier molecular flexibility index (Phi) is 4.45. The Morgan fingerprint density at radius 3 is 2.83 bits per heavy atom. The number of sulfonamides is 1. The highest BCUT2D eigenvalue weighted by atomic mass is 32.2. The van der Waals surface area contributed by atoms with Gasteiger partial charge in [0.1, 0.15) is 17.5 Å². The van der Waals surface area contributed by atoms with Crippen molar-refractivity contribution < 1.29 is 17.2 Å². The number of nitrogens with one attached hydrogen (secondary N) is 1. The maximum absolute atomic E-state index is 13.5. The highest BCUT2D eigenvalue weighted by molar-refractivity contribution is 7.88. The second-order valence-corrected chi connectivity index (χ2v) is 7.45. The van der Waals surface area contributed by atoms with Crippen molar-refractivity contribution in [3.05, 3.63) is 53.6 Å². The Morgan fingerprint density at radius 2 is 2.09 bits per heavy atom. The summed E-state index contributed by atoms with van der Waals surface area (Å²) in [7, 11) is -3.73. The quantitative estimate of drug-likeness (QED) is 0.839. The average Bonchev–Trinajstić information content (AvgIpc) is 3.22. The van der Waals surface area contributed by atoms with Crippen LogP contribution in [-0.2, 0) is 22.3 Å². The molecule has 8 heteroatoms. The molecule has 1 fully saturated rings. The number of rotatable bonds is 7.